The number of halogens is 4. The van der Waals surface area contributed by atoms with Gasteiger partial charge in [-0.15, -0.1) is 0 Å². The van der Waals surface area contributed by atoms with Crippen LogP contribution in [0.2, 0.25) is 0 Å². The van der Waals surface area contributed by atoms with Gasteiger partial charge in [0.05, 0.1) is 7.11 Å². The highest BCUT2D eigenvalue weighted by Gasteiger charge is 2.53. The molecule has 4 aromatic rings. The van der Waals surface area contributed by atoms with E-state index >= 15 is 0 Å². The predicted octanol–water partition coefficient (Wildman–Crippen LogP) is 5.17. The molecule has 0 saturated heterocycles. The minimum atomic E-state index is -6.00. The molecule has 3 nitrogen and oxygen atoms in total. The second-order valence-corrected chi connectivity index (χ2v) is 10.3. The number of benzene rings is 3. The average molecular weight is 475 g/mol. The Kier molecular flexibility index (Phi) is 7.93. The van der Waals surface area contributed by atoms with Crippen LogP contribution >= 0.6 is 7.26 Å². The number of nitrogens with zero attached hydrogens (tertiary/aromatic N) is 1. The first-order valence-corrected chi connectivity index (χ1v) is 12.1. The Bertz CT molecular complexity index is 1040. The predicted molar refractivity (Wildman–Crippen MR) is 127 cm³/mol. The monoisotopic (exact) mass is 475 g/mol. The van der Waals surface area contributed by atoms with Gasteiger partial charge in [-0.3, -0.25) is 0 Å². The number of aromatic nitrogens is 1. The fraction of sp³-hybridized carbons (Fsp3) is 0.125. The Morgan fingerprint density at radius 3 is 1.42 bits per heavy atom. The molecular formula is C24H23BF4NO2P. The zero-order valence-corrected chi connectivity index (χ0v) is 19.1. The van der Waals surface area contributed by atoms with Crippen LogP contribution in [0.4, 0.5) is 17.3 Å². The van der Waals surface area contributed by atoms with Crippen LogP contribution in [-0.2, 0) is 6.42 Å². The molecule has 1 aromatic heterocycles. The van der Waals surface area contributed by atoms with Gasteiger partial charge in [-0.05, 0) is 36.4 Å². The van der Waals surface area contributed by atoms with E-state index in [1.54, 1.807) is 7.11 Å². The third kappa shape index (κ3) is 5.63. The largest absolute Gasteiger partial charge is 0.673 e. The van der Waals surface area contributed by atoms with Gasteiger partial charge in [0.25, 0.3) is 5.44 Å². The lowest BCUT2D eigenvalue weighted by molar-refractivity contribution is 0.297. The van der Waals surface area contributed by atoms with Crippen LogP contribution in [0.25, 0.3) is 0 Å². The van der Waals surface area contributed by atoms with Crippen molar-refractivity contribution < 1.29 is 26.4 Å². The second kappa shape index (κ2) is 10.7. The topological polar surface area (TPSA) is 35.3 Å². The number of methoxy groups -OCH3 is 1. The van der Waals surface area contributed by atoms with E-state index in [9.17, 15) is 17.3 Å². The molecule has 0 amide bonds. The molecule has 0 N–H and O–H groups in total. The molecule has 9 heteroatoms. The van der Waals surface area contributed by atoms with Crippen LogP contribution < -0.4 is 26.1 Å². The lowest BCUT2D eigenvalue weighted by Crippen LogP contribution is -2.39. The summed E-state index contributed by atoms with van der Waals surface area (Å²) in [5.41, 5.74) is 0.885. The standard InChI is InChI=1S/C24H23NO2P.BF4/c1-3-22-25-23(24(26-2)27-22)28(19-13-7-4-8-14-19,20-15-9-5-10-16-20)21-17-11-6-12-18-21;2-1(3,4)5/h4-18H,3H2,1-2H3;/q+1;-1. The molecule has 172 valence electrons. The third-order valence-corrected chi connectivity index (χ3v) is 9.00. The summed E-state index contributed by atoms with van der Waals surface area (Å²) in [5.74, 6) is 1.20. The molecule has 0 atom stereocenters. The summed E-state index contributed by atoms with van der Waals surface area (Å²) in [6, 6.07) is 31.8. The van der Waals surface area contributed by atoms with Crippen molar-refractivity contribution in [1.82, 2.24) is 4.98 Å². The maximum Gasteiger partial charge on any atom is 0.673 e. The number of hydrogen-bond acceptors (Lipinski definition) is 3. The van der Waals surface area contributed by atoms with Gasteiger partial charge in [0.15, 0.2) is 7.26 Å². The van der Waals surface area contributed by atoms with Crippen molar-refractivity contribution >= 4 is 35.9 Å². The maximum absolute atomic E-state index is 9.75. The number of oxazole rings is 1. The highest BCUT2D eigenvalue weighted by Crippen LogP contribution is 2.55. The Labute approximate surface area is 190 Å². The molecule has 0 saturated carbocycles. The van der Waals surface area contributed by atoms with Gasteiger partial charge in [-0.2, -0.15) is 4.98 Å². The smallest absolute Gasteiger partial charge is 0.464 e. The van der Waals surface area contributed by atoms with Crippen molar-refractivity contribution in [2.75, 3.05) is 7.11 Å². The van der Waals surface area contributed by atoms with Gasteiger partial charge >= 0.3 is 13.2 Å². The van der Waals surface area contributed by atoms with E-state index in [2.05, 4.69) is 72.8 Å². The molecule has 0 bridgehead atoms. The van der Waals surface area contributed by atoms with E-state index in [1.807, 2.05) is 25.1 Å². The number of hydrogen-bond donors (Lipinski definition) is 0. The summed E-state index contributed by atoms with van der Waals surface area (Å²) < 4.78 is 50.7. The Morgan fingerprint density at radius 2 is 1.12 bits per heavy atom. The summed E-state index contributed by atoms with van der Waals surface area (Å²) in [4.78, 5) is 4.96. The average Bonchev–Trinajstić information content (AvgIpc) is 3.25. The van der Waals surface area contributed by atoms with E-state index in [0.717, 1.165) is 5.44 Å². The minimum Gasteiger partial charge on any atom is -0.464 e. The molecule has 0 radical (unpaired) electrons. The SMILES string of the molecule is CCc1nc([P+](c2ccccc2)(c2ccccc2)c2ccccc2)c(OC)o1.F[B-](F)(F)F. The van der Waals surface area contributed by atoms with Gasteiger partial charge < -0.3 is 26.4 Å². The van der Waals surface area contributed by atoms with Gasteiger partial charge in [0.1, 0.15) is 15.9 Å². The van der Waals surface area contributed by atoms with Crippen LogP contribution in [0.5, 0.6) is 5.95 Å². The van der Waals surface area contributed by atoms with Crippen molar-refractivity contribution in [1.29, 1.82) is 0 Å². The first kappa shape index (κ1) is 24.5. The normalized spacial score (nSPS) is 11.5. The van der Waals surface area contributed by atoms with Crippen molar-refractivity contribution in [2.45, 2.75) is 13.3 Å². The zero-order valence-electron chi connectivity index (χ0n) is 18.2. The van der Waals surface area contributed by atoms with Gasteiger partial charge in [-0.1, -0.05) is 61.5 Å². The van der Waals surface area contributed by atoms with E-state index in [-0.39, 0.29) is 0 Å². The van der Waals surface area contributed by atoms with Crippen LogP contribution in [-0.4, -0.2) is 19.3 Å². The van der Waals surface area contributed by atoms with Crippen LogP contribution in [0.3, 0.4) is 0 Å². The number of aryl methyl sites for hydroxylation is 1. The van der Waals surface area contributed by atoms with E-state index in [1.165, 1.54) is 15.9 Å². The first-order chi connectivity index (χ1) is 15.8. The second-order valence-electron chi connectivity index (χ2n) is 6.95. The molecular weight excluding hydrogens is 452 g/mol. The Hall–Kier alpha value is -3.12. The van der Waals surface area contributed by atoms with Gasteiger partial charge in [0.2, 0.25) is 5.89 Å². The van der Waals surface area contributed by atoms with E-state index < -0.39 is 14.5 Å². The lowest BCUT2D eigenvalue weighted by Gasteiger charge is -2.25. The minimum absolute atomic E-state index is 0.502. The molecule has 0 unspecified atom stereocenters. The van der Waals surface area contributed by atoms with Crippen LogP contribution in [0, 0.1) is 0 Å². The van der Waals surface area contributed by atoms with Crippen LogP contribution in [0.15, 0.2) is 95.4 Å². The summed E-state index contributed by atoms with van der Waals surface area (Å²) in [6.45, 7) is 2.04. The summed E-state index contributed by atoms with van der Waals surface area (Å²) in [6.07, 6.45) is 0.717. The Balaban J connectivity index is 0.000000555. The molecule has 3 aromatic carbocycles. The third-order valence-electron chi connectivity index (χ3n) is 4.86. The highest BCUT2D eigenvalue weighted by atomic mass is 31.2. The molecule has 1 heterocycles. The quantitative estimate of drug-likeness (QED) is 0.220. The molecule has 33 heavy (non-hydrogen) atoms. The molecule has 0 fully saturated rings. The van der Waals surface area contributed by atoms with Crippen LogP contribution in [0.1, 0.15) is 12.8 Å². The van der Waals surface area contributed by atoms with Crippen molar-refractivity contribution in [3.8, 4) is 5.95 Å². The Morgan fingerprint density at radius 1 is 0.758 bits per heavy atom. The molecule has 0 aliphatic rings. The molecule has 0 spiro atoms. The maximum atomic E-state index is 9.75. The van der Waals surface area contributed by atoms with Crippen molar-refractivity contribution in [3.05, 3.63) is 96.9 Å². The highest BCUT2D eigenvalue weighted by molar-refractivity contribution is 8.01. The van der Waals surface area contributed by atoms with E-state index in [4.69, 9.17) is 14.1 Å². The fourth-order valence-corrected chi connectivity index (χ4v) is 7.76. The summed E-state index contributed by atoms with van der Waals surface area (Å²) in [5, 5.41) is 3.67. The molecule has 0 aliphatic carbocycles. The lowest BCUT2D eigenvalue weighted by atomic mass is 10.3. The van der Waals surface area contributed by atoms with Gasteiger partial charge in [0, 0.05) is 6.42 Å². The molecule has 4 rings (SSSR count). The summed E-state index contributed by atoms with van der Waals surface area (Å²) >= 11 is 0. The van der Waals surface area contributed by atoms with Crippen molar-refractivity contribution in [2.24, 2.45) is 0 Å². The first-order valence-electron chi connectivity index (χ1n) is 10.3. The summed E-state index contributed by atoms with van der Waals surface area (Å²) in [7, 11) is -6.63. The fourth-order valence-electron chi connectivity index (χ4n) is 3.60. The van der Waals surface area contributed by atoms with E-state index in [0.29, 0.717) is 18.3 Å². The van der Waals surface area contributed by atoms with Crippen molar-refractivity contribution in [3.63, 3.8) is 0 Å². The zero-order chi connectivity index (χ0) is 23.9. The number of rotatable bonds is 6. The number of ether oxygens (including phenoxy) is 1. The molecule has 0 aliphatic heterocycles. The van der Waals surface area contributed by atoms with Gasteiger partial charge in [-0.25, -0.2) is 0 Å².